The Morgan fingerprint density at radius 2 is 1.77 bits per heavy atom. The van der Waals surface area contributed by atoms with E-state index in [4.69, 9.17) is 10.5 Å². The molecule has 5 heteroatoms. The number of primary amides is 1. The number of benzene rings is 2. The van der Waals surface area contributed by atoms with Crippen LogP contribution in [0.5, 0.6) is 5.75 Å². The molecule has 0 unspecified atom stereocenters. The molecule has 0 aliphatic rings. The predicted octanol–water partition coefficient (Wildman–Crippen LogP) is 4.12. The van der Waals surface area contributed by atoms with Crippen molar-refractivity contribution in [3.63, 3.8) is 0 Å². The monoisotopic (exact) mass is 349 g/mol. The highest BCUT2D eigenvalue weighted by Crippen LogP contribution is 2.27. The van der Waals surface area contributed by atoms with E-state index in [-0.39, 0.29) is 6.04 Å². The van der Waals surface area contributed by atoms with E-state index in [1.54, 1.807) is 0 Å². The van der Waals surface area contributed by atoms with E-state index in [2.05, 4.69) is 18.8 Å². The summed E-state index contributed by atoms with van der Waals surface area (Å²) in [5, 5.41) is 0. The van der Waals surface area contributed by atoms with Crippen molar-refractivity contribution in [2.24, 2.45) is 5.73 Å². The van der Waals surface area contributed by atoms with Crippen molar-refractivity contribution in [3.8, 4) is 17.1 Å². The van der Waals surface area contributed by atoms with E-state index >= 15 is 0 Å². The minimum Gasteiger partial charge on any atom is -0.489 e. The van der Waals surface area contributed by atoms with Crippen molar-refractivity contribution in [1.29, 1.82) is 0 Å². The Hall–Kier alpha value is -3.08. The van der Waals surface area contributed by atoms with Crippen molar-refractivity contribution in [2.75, 3.05) is 0 Å². The maximum Gasteiger partial charge on any atom is 0.269 e. The Balaban J connectivity index is 1.84. The van der Waals surface area contributed by atoms with Crippen molar-refractivity contribution < 1.29 is 9.53 Å². The smallest absolute Gasteiger partial charge is 0.269 e. The van der Waals surface area contributed by atoms with Crippen molar-refractivity contribution in [1.82, 2.24) is 9.55 Å². The van der Waals surface area contributed by atoms with Gasteiger partial charge in [0, 0.05) is 17.3 Å². The Bertz CT molecular complexity index is 897. The fourth-order valence-electron chi connectivity index (χ4n) is 3.02. The average Bonchev–Trinajstić information content (AvgIpc) is 2.99. The Labute approximate surface area is 153 Å². The summed E-state index contributed by atoms with van der Waals surface area (Å²) in [5.74, 6) is 1.01. The van der Waals surface area contributed by atoms with Crippen LogP contribution in [0.25, 0.3) is 11.4 Å². The molecule has 3 aromatic rings. The zero-order valence-corrected chi connectivity index (χ0v) is 15.3. The van der Waals surface area contributed by atoms with Crippen molar-refractivity contribution in [2.45, 2.75) is 33.4 Å². The van der Waals surface area contributed by atoms with Crippen LogP contribution in [0.2, 0.25) is 0 Å². The second-order valence-corrected chi connectivity index (χ2v) is 6.50. The molecular formula is C21H23N3O2. The minimum atomic E-state index is -0.508. The molecule has 0 saturated carbocycles. The van der Waals surface area contributed by atoms with Gasteiger partial charge in [-0.1, -0.05) is 30.3 Å². The number of rotatable bonds is 6. The molecule has 1 heterocycles. The van der Waals surface area contributed by atoms with E-state index in [1.807, 2.05) is 66.1 Å². The van der Waals surface area contributed by atoms with Crippen LogP contribution < -0.4 is 10.5 Å². The number of carbonyl (C=O) groups is 1. The van der Waals surface area contributed by atoms with Crippen LogP contribution in [-0.2, 0) is 6.61 Å². The van der Waals surface area contributed by atoms with Crippen LogP contribution in [0.1, 0.15) is 41.6 Å². The largest absolute Gasteiger partial charge is 0.489 e. The minimum absolute atomic E-state index is 0.166. The van der Waals surface area contributed by atoms with Gasteiger partial charge in [-0.3, -0.25) is 4.79 Å². The van der Waals surface area contributed by atoms with Gasteiger partial charge in [-0.15, -0.1) is 0 Å². The maximum atomic E-state index is 11.6. The molecule has 1 aromatic heterocycles. The number of amides is 1. The van der Waals surface area contributed by atoms with E-state index in [0.717, 1.165) is 28.4 Å². The third-order valence-electron chi connectivity index (χ3n) is 4.26. The molecule has 5 nitrogen and oxygen atoms in total. The number of hydrogen-bond donors (Lipinski definition) is 1. The van der Waals surface area contributed by atoms with E-state index in [9.17, 15) is 4.79 Å². The lowest BCUT2D eigenvalue weighted by atomic mass is 10.2. The lowest BCUT2D eigenvalue weighted by Crippen LogP contribution is -2.14. The lowest BCUT2D eigenvalue weighted by Gasteiger charge is -2.14. The van der Waals surface area contributed by atoms with Gasteiger partial charge in [-0.05, 0) is 50.6 Å². The third-order valence-corrected chi connectivity index (χ3v) is 4.26. The molecule has 0 radical (unpaired) electrons. The van der Waals surface area contributed by atoms with Crippen LogP contribution in [0, 0.1) is 6.92 Å². The zero-order valence-electron chi connectivity index (χ0n) is 15.3. The average molecular weight is 349 g/mol. The molecule has 1 amide bonds. The number of aromatic nitrogens is 2. The molecule has 0 atom stereocenters. The Kier molecular flexibility index (Phi) is 5.07. The van der Waals surface area contributed by atoms with Crippen LogP contribution in [-0.4, -0.2) is 15.5 Å². The summed E-state index contributed by atoms with van der Waals surface area (Å²) in [6.45, 7) is 6.50. The molecule has 0 aliphatic carbocycles. The summed E-state index contributed by atoms with van der Waals surface area (Å²) < 4.78 is 7.85. The number of imidazole rings is 1. The summed E-state index contributed by atoms with van der Waals surface area (Å²) in [4.78, 5) is 16.1. The molecule has 26 heavy (non-hydrogen) atoms. The number of nitrogens with zero attached hydrogens (tertiary/aromatic N) is 2. The van der Waals surface area contributed by atoms with E-state index < -0.39 is 5.91 Å². The van der Waals surface area contributed by atoms with Crippen LogP contribution >= 0.6 is 0 Å². The molecule has 0 aliphatic heterocycles. The predicted molar refractivity (Wildman–Crippen MR) is 102 cm³/mol. The summed E-state index contributed by atoms with van der Waals surface area (Å²) in [6.07, 6.45) is 0. The van der Waals surface area contributed by atoms with Gasteiger partial charge >= 0.3 is 0 Å². The molecule has 2 aromatic carbocycles. The quantitative estimate of drug-likeness (QED) is 0.728. The Morgan fingerprint density at radius 1 is 1.12 bits per heavy atom. The summed E-state index contributed by atoms with van der Waals surface area (Å²) >= 11 is 0. The maximum absolute atomic E-state index is 11.6. The highest BCUT2D eigenvalue weighted by atomic mass is 16.5. The standard InChI is InChI=1S/C21H23N3O2/c1-14(2)24-15(3)19(20(22)25)23-21(24)17-9-11-18(12-10-17)26-13-16-7-5-4-6-8-16/h4-12,14H,13H2,1-3H3,(H2,22,25). The van der Waals surface area contributed by atoms with Gasteiger partial charge in [0.1, 0.15) is 23.9 Å². The normalized spacial score (nSPS) is 10.9. The molecule has 3 rings (SSSR count). The molecule has 0 spiro atoms. The lowest BCUT2D eigenvalue weighted by molar-refractivity contribution is 0.0995. The van der Waals surface area contributed by atoms with Gasteiger partial charge in [-0.2, -0.15) is 0 Å². The van der Waals surface area contributed by atoms with Crippen LogP contribution in [0.3, 0.4) is 0 Å². The third kappa shape index (κ3) is 3.61. The summed E-state index contributed by atoms with van der Waals surface area (Å²) in [7, 11) is 0. The SMILES string of the molecule is Cc1c(C(N)=O)nc(-c2ccc(OCc3ccccc3)cc2)n1C(C)C. The zero-order chi connectivity index (χ0) is 18.7. The van der Waals surface area contributed by atoms with Gasteiger partial charge in [0.15, 0.2) is 0 Å². The number of carbonyl (C=O) groups excluding carboxylic acids is 1. The van der Waals surface area contributed by atoms with Crippen molar-refractivity contribution >= 4 is 5.91 Å². The first-order valence-electron chi connectivity index (χ1n) is 8.63. The van der Waals surface area contributed by atoms with Gasteiger partial charge in [0.25, 0.3) is 5.91 Å². The molecule has 2 N–H and O–H groups in total. The molecule has 0 bridgehead atoms. The first kappa shape index (κ1) is 17.7. The molecular weight excluding hydrogens is 326 g/mol. The first-order valence-corrected chi connectivity index (χ1v) is 8.63. The van der Waals surface area contributed by atoms with Gasteiger partial charge < -0.3 is 15.0 Å². The number of ether oxygens (including phenoxy) is 1. The number of hydrogen-bond acceptors (Lipinski definition) is 3. The van der Waals surface area contributed by atoms with Crippen LogP contribution in [0.4, 0.5) is 0 Å². The highest BCUT2D eigenvalue weighted by Gasteiger charge is 2.20. The second-order valence-electron chi connectivity index (χ2n) is 6.50. The van der Waals surface area contributed by atoms with Crippen LogP contribution in [0.15, 0.2) is 54.6 Å². The fraction of sp³-hybridized carbons (Fsp3) is 0.238. The first-order chi connectivity index (χ1) is 12.5. The molecule has 0 fully saturated rings. The number of nitrogens with two attached hydrogens (primary N) is 1. The fourth-order valence-corrected chi connectivity index (χ4v) is 3.02. The summed E-state index contributed by atoms with van der Waals surface area (Å²) in [6, 6.07) is 17.9. The van der Waals surface area contributed by atoms with Crippen molar-refractivity contribution in [3.05, 3.63) is 71.5 Å². The van der Waals surface area contributed by atoms with E-state index in [0.29, 0.717) is 12.3 Å². The topological polar surface area (TPSA) is 70.1 Å². The summed E-state index contributed by atoms with van der Waals surface area (Å²) in [5.41, 5.74) is 8.60. The van der Waals surface area contributed by atoms with Gasteiger partial charge in [-0.25, -0.2) is 4.98 Å². The second kappa shape index (κ2) is 7.44. The van der Waals surface area contributed by atoms with E-state index in [1.165, 1.54) is 0 Å². The van der Waals surface area contributed by atoms with Gasteiger partial charge in [0.05, 0.1) is 0 Å². The molecule has 134 valence electrons. The highest BCUT2D eigenvalue weighted by molar-refractivity contribution is 5.92. The van der Waals surface area contributed by atoms with Gasteiger partial charge in [0.2, 0.25) is 0 Å². The Morgan fingerprint density at radius 3 is 2.35 bits per heavy atom. The molecule has 0 saturated heterocycles.